The van der Waals surface area contributed by atoms with Crippen molar-refractivity contribution in [2.45, 2.75) is 45.7 Å². The van der Waals surface area contributed by atoms with Gasteiger partial charge < -0.3 is 0 Å². The summed E-state index contributed by atoms with van der Waals surface area (Å²) in [5.41, 5.74) is 0.836. The molecule has 0 aliphatic carbocycles. The number of likely N-dealkylation sites (N-methyl/N-ethyl adjacent to an activating group) is 1. The Morgan fingerprint density at radius 1 is 1.29 bits per heavy atom. The van der Waals surface area contributed by atoms with Gasteiger partial charge in [0.2, 0.25) is 0 Å². The first kappa shape index (κ1) is 13.9. The fourth-order valence-corrected chi connectivity index (χ4v) is 1.79. The molecule has 17 heavy (non-hydrogen) atoms. The average Bonchev–Trinajstić information content (AvgIpc) is 2.37. The Kier molecular flexibility index (Phi) is 4.47. The van der Waals surface area contributed by atoms with Crippen molar-refractivity contribution in [2.24, 2.45) is 0 Å². The summed E-state index contributed by atoms with van der Waals surface area (Å²) >= 11 is 0. The number of benzene rings is 1. The molecule has 0 bridgehead atoms. The van der Waals surface area contributed by atoms with E-state index in [0.717, 1.165) is 12.0 Å². The number of rotatable bonds is 5. The number of ketones is 1. The summed E-state index contributed by atoms with van der Waals surface area (Å²) in [5, 5.41) is 0. The van der Waals surface area contributed by atoms with Crippen LogP contribution in [0.3, 0.4) is 0 Å². The van der Waals surface area contributed by atoms with E-state index in [9.17, 15) is 4.79 Å². The molecule has 0 amide bonds. The SMILES string of the molecule is CCC(C)(C)N(C)C(C)C(=O)c1ccccc1. The second-order valence-corrected chi connectivity index (χ2v) is 5.18. The molecular weight excluding hydrogens is 210 g/mol. The number of carbonyl (C=O) groups excluding carboxylic acids is 1. The van der Waals surface area contributed by atoms with Crippen LogP contribution in [0.25, 0.3) is 0 Å². The van der Waals surface area contributed by atoms with Crippen LogP contribution >= 0.6 is 0 Å². The van der Waals surface area contributed by atoms with E-state index in [4.69, 9.17) is 0 Å². The summed E-state index contributed by atoms with van der Waals surface area (Å²) in [6.07, 6.45) is 1.02. The zero-order valence-corrected chi connectivity index (χ0v) is 11.5. The van der Waals surface area contributed by atoms with Crippen molar-refractivity contribution in [2.75, 3.05) is 7.05 Å². The lowest BCUT2D eigenvalue weighted by Gasteiger charge is -2.38. The van der Waals surface area contributed by atoms with E-state index in [0.29, 0.717) is 0 Å². The molecular formula is C15H23NO. The van der Waals surface area contributed by atoms with Crippen molar-refractivity contribution in [3.8, 4) is 0 Å². The first-order valence-electron chi connectivity index (χ1n) is 6.22. The highest BCUT2D eigenvalue weighted by Crippen LogP contribution is 2.21. The maximum Gasteiger partial charge on any atom is 0.179 e. The zero-order chi connectivity index (χ0) is 13.1. The monoisotopic (exact) mass is 233 g/mol. The van der Waals surface area contributed by atoms with Gasteiger partial charge in [-0.05, 0) is 34.2 Å². The Morgan fingerprint density at radius 3 is 2.29 bits per heavy atom. The molecule has 94 valence electrons. The average molecular weight is 233 g/mol. The van der Waals surface area contributed by atoms with Gasteiger partial charge in [0, 0.05) is 11.1 Å². The van der Waals surface area contributed by atoms with Crippen LogP contribution in [0.5, 0.6) is 0 Å². The van der Waals surface area contributed by atoms with Gasteiger partial charge in [0.05, 0.1) is 6.04 Å². The standard InChI is InChI=1S/C15H23NO/c1-6-15(3,4)16(5)12(2)14(17)13-10-8-7-9-11-13/h7-12H,6H2,1-5H3. The summed E-state index contributed by atoms with van der Waals surface area (Å²) in [7, 11) is 2.02. The molecule has 0 saturated heterocycles. The van der Waals surface area contributed by atoms with Crippen LogP contribution < -0.4 is 0 Å². The minimum absolute atomic E-state index is 0.0455. The van der Waals surface area contributed by atoms with E-state index >= 15 is 0 Å². The molecule has 0 heterocycles. The predicted octanol–water partition coefficient (Wildman–Crippen LogP) is 3.38. The van der Waals surface area contributed by atoms with Crippen LogP contribution in [0.4, 0.5) is 0 Å². The highest BCUT2D eigenvalue weighted by atomic mass is 16.1. The summed E-state index contributed by atoms with van der Waals surface area (Å²) in [6.45, 7) is 8.46. The van der Waals surface area contributed by atoms with Crippen molar-refractivity contribution in [1.82, 2.24) is 4.90 Å². The lowest BCUT2D eigenvalue weighted by atomic mass is 9.95. The molecule has 0 aliphatic heterocycles. The Labute approximate surface area is 105 Å². The fourth-order valence-electron chi connectivity index (χ4n) is 1.79. The number of carbonyl (C=O) groups is 1. The van der Waals surface area contributed by atoms with E-state index in [2.05, 4.69) is 25.7 Å². The lowest BCUT2D eigenvalue weighted by molar-refractivity contribution is 0.0677. The van der Waals surface area contributed by atoms with Gasteiger partial charge in [0.1, 0.15) is 0 Å². The van der Waals surface area contributed by atoms with Gasteiger partial charge >= 0.3 is 0 Å². The first-order chi connectivity index (χ1) is 7.90. The largest absolute Gasteiger partial charge is 0.292 e. The maximum absolute atomic E-state index is 12.3. The molecule has 1 atom stereocenters. The topological polar surface area (TPSA) is 20.3 Å². The molecule has 0 radical (unpaired) electrons. The van der Waals surface area contributed by atoms with E-state index < -0.39 is 0 Å². The van der Waals surface area contributed by atoms with Gasteiger partial charge in [-0.15, -0.1) is 0 Å². The van der Waals surface area contributed by atoms with Crippen molar-refractivity contribution in [1.29, 1.82) is 0 Å². The minimum atomic E-state index is -0.0904. The minimum Gasteiger partial charge on any atom is -0.292 e. The van der Waals surface area contributed by atoms with Crippen LogP contribution in [0.15, 0.2) is 30.3 Å². The van der Waals surface area contributed by atoms with Gasteiger partial charge in [-0.2, -0.15) is 0 Å². The fraction of sp³-hybridized carbons (Fsp3) is 0.533. The molecule has 2 heteroatoms. The number of nitrogens with zero attached hydrogens (tertiary/aromatic N) is 1. The lowest BCUT2D eigenvalue weighted by Crippen LogP contribution is -2.49. The normalized spacial score (nSPS) is 13.8. The Bertz CT molecular complexity index is 370. The van der Waals surface area contributed by atoms with Gasteiger partial charge in [0.25, 0.3) is 0 Å². The quantitative estimate of drug-likeness (QED) is 0.727. The summed E-state index contributed by atoms with van der Waals surface area (Å²) in [6, 6.07) is 9.42. The third-order valence-corrected chi connectivity index (χ3v) is 3.84. The Morgan fingerprint density at radius 2 is 1.82 bits per heavy atom. The molecule has 1 unspecified atom stereocenters. The molecule has 0 spiro atoms. The summed E-state index contributed by atoms with van der Waals surface area (Å²) in [5.74, 6) is 0.189. The van der Waals surface area contributed by atoms with Crippen LogP contribution in [0.2, 0.25) is 0 Å². The zero-order valence-electron chi connectivity index (χ0n) is 11.5. The van der Waals surface area contributed by atoms with Gasteiger partial charge in [-0.1, -0.05) is 37.3 Å². The van der Waals surface area contributed by atoms with Crippen LogP contribution in [0.1, 0.15) is 44.5 Å². The van der Waals surface area contributed by atoms with Crippen molar-refractivity contribution < 1.29 is 4.79 Å². The van der Waals surface area contributed by atoms with Gasteiger partial charge in [0.15, 0.2) is 5.78 Å². The van der Waals surface area contributed by atoms with Crippen molar-refractivity contribution in [3.05, 3.63) is 35.9 Å². The van der Waals surface area contributed by atoms with Crippen molar-refractivity contribution >= 4 is 5.78 Å². The van der Waals surface area contributed by atoms with Crippen LogP contribution in [-0.2, 0) is 0 Å². The molecule has 0 saturated carbocycles. The van der Waals surface area contributed by atoms with Gasteiger partial charge in [-0.25, -0.2) is 0 Å². The van der Waals surface area contributed by atoms with Crippen LogP contribution in [0, 0.1) is 0 Å². The molecule has 1 aromatic rings. The third kappa shape index (κ3) is 3.16. The van der Waals surface area contributed by atoms with Gasteiger partial charge in [-0.3, -0.25) is 9.69 Å². The number of hydrogen-bond acceptors (Lipinski definition) is 2. The summed E-state index contributed by atoms with van der Waals surface area (Å²) in [4.78, 5) is 14.5. The molecule has 0 aromatic heterocycles. The Balaban J connectivity index is 2.84. The number of Topliss-reactive ketones (excluding diaryl/α,β-unsaturated/α-hetero) is 1. The first-order valence-corrected chi connectivity index (χ1v) is 6.22. The van der Waals surface area contributed by atoms with Crippen molar-refractivity contribution in [3.63, 3.8) is 0 Å². The second-order valence-electron chi connectivity index (χ2n) is 5.18. The third-order valence-electron chi connectivity index (χ3n) is 3.84. The molecule has 0 aliphatic rings. The molecule has 1 rings (SSSR count). The molecule has 0 N–H and O–H groups in total. The van der Waals surface area contributed by atoms with E-state index in [1.54, 1.807) is 0 Å². The molecule has 1 aromatic carbocycles. The van der Waals surface area contributed by atoms with E-state index in [-0.39, 0.29) is 17.4 Å². The van der Waals surface area contributed by atoms with E-state index in [1.165, 1.54) is 0 Å². The maximum atomic E-state index is 12.3. The smallest absolute Gasteiger partial charge is 0.179 e. The number of hydrogen-bond donors (Lipinski definition) is 0. The van der Waals surface area contributed by atoms with Crippen LogP contribution in [-0.4, -0.2) is 29.3 Å². The highest BCUT2D eigenvalue weighted by Gasteiger charge is 2.29. The molecule has 2 nitrogen and oxygen atoms in total. The second kappa shape index (κ2) is 5.46. The highest BCUT2D eigenvalue weighted by molar-refractivity contribution is 5.99. The predicted molar refractivity (Wildman–Crippen MR) is 72.4 cm³/mol. The van der Waals surface area contributed by atoms with E-state index in [1.807, 2.05) is 44.3 Å². The Hall–Kier alpha value is -1.15. The summed E-state index contributed by atoms with van der Waals surface area (Å²) < 4.78 is 0. The molecule has 0 fully saturated rings.